The molecule has 114 valence electrons. The number of nitro groups is 1. The average Bonchev–Trinajstić information content (AvgIpc) is 2.89. The lowest BCUT2D eigenvalue weighted by atomic mass is 9.98. The first kappa shape index (κ1) is 15.3. The first-order valence-electron chi connectivity index (χ1n) is 7.13. The van der Waals surface area contributed by atoms with E-state index in [0.29, 0.717) is 29.6 Å². The SMILES string of the molecule is COC(=O)c1ccc([N+](=O)[O-])c(NCC2CCCC2C)c1. The van der Waals surface area contributed by atoms with Crippen molar-refractivity contribution in [2.75, 3.05) is 19.0 Å². The largest absolute Gasteiger partial charge is 0.465 e. The van der Waals surface area contributed by atoms with Crippen LogP contribution in [-0.4, -0.2) is 24.5 Å². The van der Waals surface area contributed by atoms with E-state index in [1.54, 1.807) is 0 Å². The first-order valence-corrected chi connectivity index (χ1v) is 7.13. The lowest BCUT2D eigenvalue weighted by Crippen LogP contribution is -2.17. The van der Waals surface area contributed by atoms with Gasteiger partial charge in [-0.3, -0.25) is 10.1 Å². The van der Waals surface area contributed by atoms with E-state index in [2.05, 4.69) is 17.0 Å². The van der Waals surface area contributed by atoms with Gasteiger partial charge in [-0.05, 0) is 30.4 Å². The zero-order valence-electron chi connectivity index (χ0n) is 12.3. The van der Waals surface area contributed by atoms with Gasteiger partial charge in [0.05, 0.1) is 17.6 Å². The maximum Gasteiger partial charge on any atom is 0.337 e. The van der Waals surface area contributed by atoms with Crippen LogP contribution in [0, 0.1) is 22.0 Å². The van der Waals surface area contributed by atoms with Gasteiger partial charge in [0, 0.05) is 12.6 Å². The van der Waals surface area contributed by atoms with Crippen LogP contribution in [-0.2, 0) is 4.74 Å². The number of esters is 1. The maximum atomic E-state index is 11.5. The van der Waals surface area contributed by atoms with Gasteiger partial charge in [-0.25, -0.2) is 4.79 Å². The molecule has 0 spiro atoms. The van der Waals surface area contributed by atoms with E-state index < -0.39 is 10.9 Å². The number of nitro benzene ring substituents is 1. The molecule has 6 heteroatoms. The molecule has 1 N–H and O–H groups in total. The molecule has 0 aliphatic heterocycles. The van der Waals surface area contributed by atoms with Crippen LogP contribution in [0.25, 0.3) is 0 Å². The Morgan fingerprint density at radius 2 is 2.24 bits per heavy atom. The van der Waals surface area contributed by atoms with Crippen molar-refractivity contribution in [3.63, 3.8) is 0 Å². The second-order valence-corrected chi connectivity index (χ2v) is 5.53. The van der Waals surface area contributed by atoms with E-state index in [0.717, 1.165) is 6.42 Å². The van der Waals surface area contributed by atoms with Crippen molar-refractivity contribution in [1.29, 1.82) is 0 Å². The number of carbonyl (C=O) groups excluding carboxylic acids is 1. The molecular weight excluding hydrogens is 272 g/mol. The molecule has 1 aliphatic carbocycles. The molecule has 0 aromatic heterocycles. The third kappa shape index (κ3) is 3.51. The molecule has 2 rings (SSSR count). The van der Waals surface area contributed by atoms with E-state index in [1.165, 1.54) is 38.2 Å². The van der Waals surface area contributed by atoms with Crippen molar-refractivity contribution in [2.24, 2.45) is 11.8 Å². The number of anilines is 1. The Hall–Kier alpha value is -2.11. The second-order valence-electron chi connectivity index (χ2n) is 5.53. The molecule has 0 heterocycles. The molecule has 0 radical (unpaired) electrons. The first-order chi connectivity index (χ1) is 10.0. The zero-order chi connectivity index (χ0) is 15.4. The topological polar surface area (TPSA) is 81.5 Å². The predicted molar refractivity (Wildman–Crippen MR) is 79.4 cm³/mol. The van der Waals surface area contributed by atoms with Gasteiger partial charge in [-0.1, -0.05) is 19.8 Å². The van der Waals surface area contributed by atoms with Crippen molar-refractivity contribution < 1.29 is 14.5 Å². The summed E-state index contributed by atoms with van der Waals surface area (Å²) < 4.78 is 4.65. The molecule has 1 fully saturated rings. The summed E-state index contributed by atoms with van der Waals surface area (Å²) in [7, 11) is 1.29. The summed E-state index contributed by atoms with van der Waals surface area (Å²) in [4.78, 5) is 22.2. The summed E-state index contributed by atoms with van der Waals surface area (Å²) in [5.74, 6) is 0.647. The average molecular weight is 292 g/mol. The fourth-order valence-corrected chi connectivity index (χ4v) is 2.85. The van der Waals surface area contributed by atoms with Crippen LogP contribution in [0.15, 0.2) is 18.2 Å². The molecular formula is C15H20N2O4. The molecule has 1 aromatic carbocycles. The van der Waals surface area contributed by atoms with Crippen LogP contribution >= 0.6 is 0 Å². The fraction of sp³-hybridized carbons (Fsp3) is 0.533. The van der Waals surface area contributed by atoms with Gasteiger partial charge in [0.1, 0.15) is 5.69 Å². The maximum absolute atomic E-state index is 11.5. The highest BCUT2D eigenvalue weighted by Gasteiger charge is 2.24. The zero-order valence-corrected chi connectivity index (χ0v) is 12.3. The molecule has 1 aromatic rings. The molecule has 1 aliphatic rings. The summed E-state index contributed by atoms with van der Waals surface area (Å²) in [5.41, 5.74) is 0.667. The van der Waals surface area contributed by atoms with Gasteiger partial charge in [-0.15, -0.1) is 0 Å². The van der Waals surface area contributed by atoms with Crippen LogP contribution in [0.2, 0.25) is 0 Å². The number of carbonyl (C=O) groups is 1. The smallest absolute Gasteiger partial charge is 0.337 e. The Balaban J connectivity index is 2.18. The Bertz CT molecular complexity index is 544. The number of rotatable bonds is 5. The minimum atomic E-state index is -0.498. The normalized spacial score (nSPS) is 21.0. The number of nitrogens with one attached hydrogen (secondary N) is 1. The number of benzene rings is 1. The molecule has 2 atom stereocenters. The summed E-state index contributed by atoms with van der Waals surface area (Å²) in [5, 5.41) is 14.2. The van der Waals surface area contributed by atoms with Crippen molar-refractivity contribution in [3.8, 4) is 0 Å². The standard InChI is InChI=1S/C15H20N2O4/c1-10-4-3-5-12(10)9-16-13-8-11(15(18)21-2)6-7-14(13)17(19)20/h6-8,10,12,16H,3-5,9H2,1-2H3. The van der Waals surface area contributed by atoms with E-state index in [4.69, 9.17) is 0 Å². The predicted octanol–water partition coefficient (Wildman–Crippen LogP) is 3.23. The number of ether oxygens (including phenoxy) is 1. The number of hydrogen-bond donors (Lipinski definition) is 1. The summed E-state index contributed by atoms with van der Waals surface area (Å²) >= 11 is 0. The minimum absolute atomic E-state index is 0.0201. The fourth-order valence-electron chi connectivity index (χ4n) is 2.85. The number of nitrogens with zero attached hydrogens (tertiary/aromatic N) is 1. The van der Waals surface area contributed by atoms with E-state index in [9.17, 15) is 14.9 Å². The molecule has 0 saturated heterocycles. The van der Waals surface area contributed by atoms with Crippen molar-refractivity contribution >= 4 is 17.3 Å². The Kier molecular flexibility index (Phi) is 4.77. The van der Waals surface area contributed by atoms with Crippen LogP contribution in [0.3, 0.4) is 0 Å². The van der Waals surface area contributed by atoms with Crippen LogP contribution in [0.1, 0.15) is 36.5 Å². The van der Waals surface area contributed by atoms with Crippen molar-refractivity contribution in [3.05, 3.63) is 33.9 Å². The van der Waals surface area contributed by atoms with E-state index >= 15 is 0 Å². The quantitative estimate of drug-likeness (QED) is 0.512. The van der Waals surface area contributed by atoms with Gasteiger partial charge in [0.25, 0.3) is 5.69 Å². The number of methoxy groups -OCH3 is 1. The molecule has 2 unspecified atom stereocenters. The van der Waals surface area contributed by atoms with Crippen LogP contribution in [0.4, 0.5) is 11.4 Å². The Morgan fingerprint density at radius 3 is 2.81 bits per heavy atom. The van der Waals surface area contributed by atoms with Crippen molar-refractivity contribution in [2.45, 2.75) is 26.2 Å². The molecule has 6 nitrogen and oxygen atoms in total. The van der Waals surface area contributed by atoms with Crippen LogP contribution in [0.5, 0.6) is 0 Å². The molecule has 0 amide bonds. The van der Waals surface area contributed by atoms with Gasteiger partial charge >= 0.3 is 5.97 Å². The molecule has 21 heavy (non-hydrogen) atoms. The Labute approximate surface area is 123 Å². The van der Waals surface area contributed by atoms with E-state index in [1.807, 2.05) is 0 Å². The highest BCUT2D eigenvalue weighted by molar-refractivity contribution is 5.91. The molecule has 0 bridgehead atoms. The lowest BCUT2D eigenvalue weighted by Gasteiger charge is -2.17. The third-order valence-corrected chi connectivity index (χ3v) is 4.21. The van der Waals surface area contributed by atoms with Gasteiger partial charge in [0.15, 0.2) is 0 Å². The van der Waals surface area contributed by atoms with E-state index in [-0.39, 0.29) is 5.69 Å². The third-order valence-electron chi connectivity index (χ3n) is 4.21. The minimum Gasteiger partial charge on any atom is -0.465 e. The second kappa shape index (κ2) is 6.56. The van der Waals surface area contributed by atoms with Gasteiger partial charge in [0.2, 0.25) is 0 Å². The Morgan fingerprint density at radius 1 is 1.48 bits per heavy atom. The van der Waals surface area contributed by atoms with Crippen molar-refractivity contribution in [1.82, 2.24) is 0 Å². The lowest BCUT2D eigenvalue weighted by molar-refractivity contribution is -0.384. The summed E-state index contributed by atoms with van der Waals surface area (Å²) in [6.45, 7) is 2.89. The van der Waals surface area contributed by atoms with Crippen LogP contribution < -0.4 is 5.32 Å². The molecule has 1 saturated carbocycles. The van der Waals surface area contributed by atoms with Gasteiger partial charge in [-0.2, -0.15) is 0 Å². The van der Waals surface area contributed by atoms with Gasteiger partial charge < -0.3 is 10.1 Å². The monoisotopic (exact) mass is 292 g/mol. The highest BCUT2D eigenvalue weighted by atomic mass is 16.6. The number of hydrogen-bond acceptors (Lipinski definition) is 5. The summed E-state index contributed by atoms with van der Waals surface area (Å²) in [6, 6.07) is 4.24. The highest BCUT2D eigenvalue weighted by Crippen LogP contribution is 2.32. The summed E-state index contributed by atoms with van der Waals surface area (Å²) in [6.07, 6.45) is 3.55.